The summed E-state index contributed by atoms with van der Waals surface area (Å²) in [6.07, 6.45) is 7.79. The van der Waals surface area contributed by atoms with Gasteiger partial charge in [0.2, 0.25) is 0 Å². The van der Waals surface area contributed by atoms with Gasteiger partial charge in [0.25, 0.3) is 0 Å². The predicted molar refractivity (Wildman–Crippen MR) is 74.1 cm³/mol. The van der Waals surface area contributed by atoms with Crippen molar-refractivity contribution in [3.8, 4) is 0 Å². The monoisotopic (exact) mass is 258 g/mol. The molecule has 100 valence electrons. The van der Waals surface area contributed by atoms with Crippen LogP contribution in [0.1, 0.15) is 42.1 Å². The minimum atomic E-state index is -0.919. The third kappa shape index (κ3) is 5.29. The topological polar surface area (TPSA) is 63.1 Å². The van der Waals surface area contributed by atoms with Crippen molar-refractivity contribution in [3.63, 3.8) is 0 Å². The maximum atomic E-state index is 10.2. The maximum absolute atomic E-state index is 10.2. The van der Waals surface area contributed by atoms with Crippen molar-refractivity contribution in [2.45, 2.75) is 26.2 Å². The lowest BCUT2D eigenvalue weighted by Crippen LogP contribution is -1.94. The largest absolute Gasteiger partial charge is 0.478 e. The molecule has 0 aliphatic rings. The molecule has 0 aromatic carbocycles. The number of pyridine rings is 2. The van der Waals surface area contributed by atoms with Crippen LogP contribution < -0.4 is 0 Å². The third-order valence-electron chi connectivity index (χ3n) is 2.81. The van der Waals surface area contributed by atoms with Crippen molar-refractivity contribution < 1.29 is 9.90 Å². The minimum Gasteiger partial charge on any atom is -0.478 e. The lowest BCUT2D eigenvalue weighted by Gasteiger charge is -2.06. The summed E-state index contributed by atoms with van der Waals surface area (Å²) in [5.74, 6) is -0.250. The Hall–Kier alpha value is -2.23. The maximum Gasteiger partial charge on any atom is 0.335 e. The van der Waals surface area contributed by atoms with E-state index in [4.69, 9.17) is 5.11 Å². The molecule has 2 heterocycles. The van der Waals surface area contributed by atoms with Crippen LogP contribution in [0.4, 0.5) is 0 Å². The highest BCUT2D eigenvalue weighted by molar-refractivity contribution is 5.87. The first-order valence-corrected chi connectivity index (χ1v) is 6.18. The molecule has 0 amide bonds. The Bertz CT molecular complexity index is 486. The van der Waals surface area contributed by atoms with Crippen LogP contribution in [0.15, 0.2) is 49.1 Å². The lowest BCUT2D eigenvalue weighted by atomic mass is 10.0. The van der Waals surface area contributed by atoms with E-state index in [1.807, 2.05) is 12.4 Å². The molecule has 0 fully saturated rings. The fourth-order valence-corrected chi connectivity index (χ4v) is 1.42. The first-order valence-electron chi connectivity index (χ1n) is 6.18. The van der Waals surface area contributed by atoms with Crippen molar-refractivity contribution in [2.24, 2.45) is 0 Å². The molecule has 2 aromatic rings. The van der Waals surface area contributed by atoms with Crippen LogP contribution in [-0.2, 0) is 0 Å². The van der Waals surface area contributed by atoms with E-state index < -0.39 is 5.97 Å². The first kappa shape index (κ1) is 14.8. The Kier molecular flexibility index (Phi) is 6.22. The molecule has 0 aliphatic carbocycles. The fraction of sp³-hybridized carbons (Fsp3) is 0.267. The van der Waals surface area contributed by atoms with Crippen molar-refractivity contribution in [3.05, 3.63) is 60.2 Å². The molecule has 0 radical (unpaired) electrons. The number of hydrogen-bond donors (Lipinski definition) is 1. The van der Waals surface area contributed by atoms with Gasteiger partial charge < -0.3 is 5.11 Å². The molecule has 0 aliphatic heterocycles. The molecular formula is C15H18N2O2. The summed E-state index contributed by atoms with van der Waals surface area (Å²) < 4.78 is 0. The third-order valence-corrected chi connectivity index (χ3v) is 2.81. The van der Waals surface area contributed by atoms with Gasteiger partial charge in [0, 0.05) is 24.8 Å². The highest BCUT2D eigenvalue weighted by Crippen LogP contribution is 2.16. The van der Waals surface area contributed by atoms with Crippen molar-refractivity contribution in [2.75, 3.05) is 0 Å². The molecule has 0 spiro atoms. The SMILES string of the molecule is CCC(C)c1ccncc1.O=C(O)c1ccncc1. The quantitative estimate of drug-likeness (QED) is 0.916. The second-order valence-corrected chi connectivity index (χ2v) is 4.13. The first-order chi connectivity index (χ1) is 9.15. The van der Waals surface area contributed by atoms with E-state index in [9.17, 15) is 4.79 Å². The predicted octanol–water partition coefficient (Wildman–Crippen LogP) is 3.37. The zero-order valence-corrected chi connectivity index (χ0v) is 11.2. The number of rotatable bonds is 3. The van der Waals surface area contributed by atoms with Crippen LogP contribution in [0.5, 0.6) is 0 Å². The molecule has 19 heavy (non-hydrogen) atoms. The molecule has 0 saturated carbocycles. The summed E-state index contributed by atoms with van der Waals surface area (Å²) in [7, 11) is 0. The number of aromatic nitrogens is 2. The second kappa shape index (κ2) is 7.97. The number of hydrogen-bond acceptors (Lipinski definition) is 3. The van der Waals surface area contributed by atoms with Crippen LogP contribution in [0, 0.1) is 0 Å². The van der Waals surface area contributed by atoms with Gasteiger partial charge in [0.05, 0.1) is 5.56 Å². The lowest BCUT2D eigenvalue weighted by molar-refractivity contribution is 0.0696. The molecule has 0 bridgehead atoms. The van der Waals surface area contributed by atoms with Crippen LogP contribution in [0.25, 0.3) is 0 Å². The molecule has 0 saturated heterocycles. The standard InChI is InChI=1S/C9H13N.C6H5NO2/c1-3-8(2)9-4-6-10-7-5-9;8-6(9)5-1-3-7-4-2-5/h4-8H,3H2,1-2H3;1-4H,(H,8,9). The summed E-state index contributed by atoms with van der Waals surface area (Å²) in [5, 5.41) is 8.36. The van der Waals surface area contributed by atoms with Gasteiger partial charge in [-0.25, -0.2) is 4.79 Å². The highest BCUT2D eigenvalue weighted by Gasteiger charge is 1.99. The minimum absolute atomic E-state index is 0.269. The van der Waals surface area contributed by atoms with Gasteiger partial charge in [0.1, 0.15) is 0 Å². The molecule has 1 N–H and O–H groups in total. The summed E-state index contributed by atoms with van der Waals surface area (Å²) in [6, 6.07) is 7.05. The van der Waals surface area contributed by atoms with Crippen molar-refractivity contribution >= 4 is 5.97 Å². The Balaban J connectivity index is 0.000000191. The van der Waals surface area contributed by atoms with E-state index >= 15 is 0 Å². The van der Waals surface area contributed by atoms with Gasteiger partial charge in [-0.2, -0.15) is 0 Å². The van der Waals surface area contributed by atoms with E-state index in [0.717, 1.165) is 0 Å². The van der Waals surface area contributed by atoms with Gasteiger partial charge in [0.15, 0.2) is 0 Å². The van der Waals surface area contributed by atoms with Gasteiger partial charge in [-0.15, -0.1) is 0 Å². The van der Waals surface area contributed by atoms with E-state index in [-0.39, 0.29) is 5.56 Å². The fourth-order valence-electron chi connectivity index (χ4n) is 1.42. The summed E-state index contributed by atoms with van der Waals surface area (Å²) in [6.45, 7) is 4.43. The van der Waals surface area contributed by atoms with E-state index in [1.54, 1.807) is 0 Å². The second-order valence-electron chi connectivity index (χ2n) is 4.13. The Morgan fingerprint density at radius 1 is 1.11 bits per heavy atom. The average Bonchev–Trinajstić information content (AvgIpc) is 2.49. The average molecular weight is 258 g/mol. The molecule has 2 rings (SSSR count). The highest BCUT2D eigenvalue weighted by atomic mass is 16.4. The Morgan fingerprint density at radius 2 is 1.58 bits per heavy atom. The van der Waals surface area contributed by atoms with Crippen LogP contribution in [0.3, 0.4) is 0 Å². The van der Waals surface area contributed by atoms with Gasteiger partial charge in [-0.3, -0.25) is 9.97 Å². The number of carbonyl (C=O) groups is 1. The number of carboxylic acids is 1. The van der Waals surface area contributed by atoms with Crippen molar-refractivity contribution in [1.82, 2.24) is 9.97 Å². The van der Waals surface area contributed by atoms with E-state index in [1.165, 1.54) is 36.5 Å². The normalized spacial score (nSPS) is 11.1. The molecule has 4 nitrogen and oxygen atoms in total. The Labute approximate surface area is 113 Å². The van der Waals surface area contributed by atoms with Gasteiger partial charge in [-0.1, -0.05) is 13.8 Å². The van der Waals surface area contributed by atoms with Gasteiger partial charge in [-0.05, 0) is 42.2 Å². The number of carboxylic acid groups (broad SMARTS) is 1. The zero-order chi connectivity index (χ0) is 14.1. The van der Waals surface area contributed by atoms with Crippen LogP contribution >= 0.6 is 0 Å². The Morgan fingerprint density at radius 3 is 1.95 bits per heavy atom. The summed E-state index contributed by atoms with van der Waals surface area (Å²) in [4.78, 5) is 17.8. The summed E-state index contributed by atoms with van der Waals surface area (Å²) >= 11 is 0. The van der Waals surface area contributed by atoms with Crippen LogP contribution in [-0.4, -0.2) is 21.0 Å². The summed E-state index contributed by atoms with van der Waals surface area (Å²) in [5.41, 5.74) is 1.66. The molecular weight excluding hydrogens is 240 g/mol. The van der Waals surface area contributed by atoms with Crippen LogP contribution in [0.2, 0.25) is 0 Å². The van der Waals surface area contributed by atoms with Crippen molar-refractivity contribution in [1.29, 1.82) is 0 Å². The molecule has 1 atom stereocenters. The molecule has 2 aromatic heterocycles. The smallest absolute Gasteiger partial charge is 0.335 e. The zero-order valence-electron chi connectivity index (χ0n) is 11.2. The number of aromatic carboxylic acids is 1. The van der Waals surface area contributed by atoms with E-state index in [2.05, 4.69) is 35.9 Å². The molecule has 1 unspecified atom stereocenters. The van der Waals surface area contributed by atoms with Gasteiger partial charge >= 0.3 is 5.97 Å². The number of nitrogens with zero attached hydrogens (tertiary/aromatic N) is 2. The molecule has 4 heteroatoms. The van der Waals surface area contributed by atoms with E-state index in [0.29, 0.717) is 5.92 Å².